The van der Waals surface area contributed by atoms with Crippen molar-refractivity contribution in [2.45, 2.75) is 43.9 Å². The number of hydrogen-bond donors (Lipinski definition) is 0. The Labute approximate surface area is 131 Å². The van der Waals surface area contributed by atoms with Gasteiger partial charge in [0.05, 0.1) is 11.8 Å². The first-order valence-corrected chi connectivity index (χ1v) is 8.59. The summed E-state index contributed by atoms with van der Waals surface area (Å²) in [6, 6.07) is 6.33. The molecule has 0 radical (unpaired) electrons. The number of halogens is 1. The summed E-state index contributed by atoms with van der Waals surface area (Å²) in [5.41, 5.74) is 3.38. The minimum atomic E-state index is 0.0978. The van der Waals surface area contributed by atoms with Crippen molar-refractivity contribution in [3.05, 3.63) is 29.3 Å². The zero-order chi connectivity index (χ0) is 14.6. The van der Waals surface area contributed by atoms with Crippen LogP contribution in [-0.4, -0.2) is 13.0 Å². The van der Waals surface area contributed by atoms with Gasteiger partial charge in [-0.15, -0.1) is 11.6 Å². The number of hydrogen-bond acceptors (Lipinski definition) is 1. The zero-order valence-electron chi connectivity index (χ0n) is 12.5. The summed E-state index contributed by atoms with van der Waals surface area (Å²) in [6.45, 7) is 0. The molecular weight excluding hydrogens is 282 g/mol. The first kappa shape index (κ1) is 13.6. The molecule has 112 valence electrons. The maximum Gasteiger partial charge on any atom is 0.231 e. The van der Waals surface area contributed by atoms with Gasteiger partial charge < -0.3 is 4.90 Å². The van der Waals surface area contributed by atoms with Gasteiger partial charge in [0.2, 0.25) is 5.91 Å². The number of carbonyl (C=O) groups excluding carboxylic acids is 1. The van der Waals surface area contributed by atoms with Crippen LogP contribution >= 0.6 is 11.6 Å². The van der Waals surface area contributed by atoms with Crippen LogP contribution in [0.1, 0.15) is 48.6 Å². The van der Waals surface area contributed by atoms with E-state index in [2.05, 4.69) is 18.2 Å². The van der Waals surface area contributed by atoms with Gasteiger partial charge in [-0.3, -0.25) is 4.79 Å². The fourth-order valence-corrected chi connectivity index (χ4v) is 5.12. The second-order valence-electron chi connectivity index (χ2n) is 7.16. The number of nitrogens with zero attached hydrogens (tertiary/aromatic N) is 1. The molecule has 1 aromatic carbocycles. The highest BCUT2D eigenvalue weighted by atomic mass is 35.5. The standard InChI is InChI=1S/C18H22ClNO/c1-20-17-5-4-13(8-15(17)10-18(20)21)16(19)9-14-7-11-2-3-12(14)6-11/h4-5,8,11-12,14,16H,2-3,6-7,9-10H2,1H3. The Morgan fingerprint density at radius 2 is 2.19 bits per heavy atom. The Balaban J connectivity index is 1.49. The summed E-state index contributed by atoms with van der Waals surface area (Å²) in [4.78, 5) is 13.5. The summed E-state index contributed by atoms with van der Waals surface area (Å²) in [7, 11) is 1.85. The van der Waals surface area contributed by atoms with Crippen molar-refractivity contribution < 1.29 is 4.79 Å². The Bertz CT molecular complexity index is 585. The molecule has 1 amide bonds. The van der Waals surface area contributed by atoms with E-state index in [1.165, 1.54) is 31.2 Å². The lowest BCUT2D eigenvalue weighted by Gasteiger charge is -2.24. The summed E-state index contributed by atoms with van der Waals surface area (Å²) < 4.78 is 0. The number of anilines is 1. The molecule has 2 bridgehead atoms. The van der Waals surface area contributed by atoms with Crippen LogP contribution in [0, 0.1) is 17.8 Å². The third kappa shape index (κ3) is 2.28. The van der Waals surface area contributed by atoms with E-state index in [0.717, 1.165) is 35.4 Å². The molecule has 0 aromatic heterocycles. The Morgan fingerprint density at radius 1 is 1.33 bits per heavy atom. The van der Waals surface area contributed by atoms with Gasteiger partial charge in [-0.25, -0.2) is 0 Å². The fourth-order valence-electron chi connectivity index (χ4n) is 4.75. The average molecular weight is 304 g/mol. The van der Waals surface area contributed by atoms with E-state index >= 15 is 0 Å². The summed E-state index contributed by atoms with van der Waals surface area (Å²) in [5.74, 6) is 2.92. The first-order valence-electron chi connectivity index (χ1n) is 8.15. The van der Waals surface area contributed by atoms with Crippen LogP contribution < -0.4 is 4.90 Å². The van der Waals surface area contributed by atoms with Gasteiger partial charge in [0, 0.05) is 12.7 Å². The minimum absolute atomic E-state index is 0.0978. The highest BCUT2D eigenvalue weighted by Gasteiger charge is 2.40. The van der Waals surface area contributed by atoms with Gasteiger partial charge >= 0.3 is 0 Å². The summed E-state index contributed by atoms with van der Waals surface area (Å²) in [5, 5.41) is 0.0978. The highest BCUT2D eigenvalue weighted by molar-refractivity contribution is 6.20. The minimum Gasteiger partial charge on any atom is -0.315 e. The Hall–Kier alpha value is -1.02. The van der Waals surface area contributed by atoms with Crippen molar-refractivity contribution in [2.24, 2.45) is 17.8 Å². The van der Waals surface area contributed by atoms with Crippen LogP contribution in [0.15, 0.2) is 18.2 Å². The van der Waals surface area contributed by atoms with Crippen LogP contribution in [0.3, 0.4) is 0 Å². The van der Waals surface area contributed by atoms with E-state index in [1.807, 2.05) is 7.05 Å². The van der Waals surface area contributed by atoms with Crippen LogP contribution in [0.5, 0.6) is 0 Å². The van der Waals surface area contributed by atoms with Crippen LogP contribution in [0.4, 0.5) is 5.69 Å². The molecule has 2 nitrogen and oxygen atoms in total. The zero-order valence-corrected chi connectivity index (χ0v) is 13.3. The van der Waals surface area contributed by atoms with Gasteiger partial charge in [-0.2, -0.15) is 0 Å². The molecule has 2 fully saturated rings. The number of benzene rings is 1. The lowest BCUT2D eigenvalue weighted by Crippen LogP contribution is -2.20. The highest BCUT2D eigenvalue weighted by Crippen LogP contribution is 2.51. The maximum absolute atomic E-state index is 11.8. The van der Waals surface area contributed by atoms with Gasteiger partial charge in [-0.1, -0.05) is 18.6 Å². The lowest BCUT2D eigenvalue weighted by atomic mass is 9.84. The van der Waals surface area contributed by atoms with Crippen molar-refractivity contribution >= 4 is 23.2 Å². The quantitative estimate of drug-likeness (QED) is 0.762. The second-order valence-corrected chi connectivity index (χ2v) is 7.68. The fraction of sp³-hybridized carbons (Fsp3) is 0.611. The molecule has 2 saturated carbocycles. The third-order valence-electron chi connectivity index (χ3n) is 5.94. The SMILES string of the molecule is CN1C(=O)Cc2cc(C(Cl)CC3CC4CCC3C4)ccc21. The number of fused-ring (bicyclic) bond motifs is 3. The molecule has 1 aliphatic heterocycles. The van der Waals surface area contributed by atoms with E-state index in [1.54, 1.807) is 4.90 Å². The van der Waals surface area contributed by atoms with Crippen molar-refractivity contribution in [2.75, 3.05) is 11.9 Å². The first-order chi connectivity index (χ1) is 10.1. The number of rotatable bonds is 3. The predicted octanol–water partition coefficient (Wildman–Crippen LogP) is 4.31. The normalized spacial score (nSPS) is 31.8. The molecular formula is C18H22ClNO. The van der Waals surface area contributed by atoms with Gasteiger partial charge in [0.15, 0.2) is 0 Å². The molecule has 0 spiro atoms. The van der Waals surface area contributed by atoms with E-state index < -0.39 is 0 Å². The number of carbonyl (C=O) groups is 1. The van der Waals surface area contributed by atoms with Gasteiger partial charge in [-0.05, 0) is 60.6 Å². The van der Waals surface area contributed by atoms with Crippen LogP contribution in [-0.2, 0) is 11.2 Å². The average Bonchev–Trinajstić information content (AvgIpc) is 3.15. The second kappa shape index (κ2) is 5.01. The maximum atomic E-state index is 11.8. The van der Waals surface area contributed by atoms with E-state index in [0.29, 0.717) is 6.42 Å². The molecule has 0 N–H and O–H groups in total. The number of amides is 1. The molecule has 21 heavy (non-hydrogen) atoms. The molecule has 3 heteroatoms. The van der Waals surface area contributed by atoms with Crippen molar-refractivity contribution in [1.82, 2.24) is 0 Å². The smallest absolute Gasteiger partial charge is 0.231 e. The summed E-state index contributed by atoms with van der Waals surface area (Å²) in [6.07, 6.45) is 7.32. The van der Waals surface area contributed by atoms with Gasteiger partial charge in [0.25, 0.3) is 0 Å². The third-order valence-corrected chi connectivity index (χ3v) is 6.37. The molecule has 3 aliphatic rings. The molecule has 1 heterocycles. The molecule has 4 rings (SSSR count). The number of alkyl halides is 1. The Kier molecular flexibility index (Phi) is 3.25. The van der Waals surface area contributed by atoms with E-state index in [-0.39, 0.29) is 11.3 Å². The molecule has 1 aromatic rings. The number of likely N-dealkylation sites (N-methyl/N-ethyl adjacent to an activating group) is 1. The van der Waals surface area contributed by atoms with E-state index in [4.69, 9.17) is 11.6 Å². The molecule has 0 saturated heterocycles. The molecule has 4 unspecified atom stereocenters. The monoisotopic (exact) mass is 303 g/mol. The van der Waals surface area contributed by atoms with Crippen LogP contribution in [0.25, 0.3) is 0 Å². The predicted molar refractivity (Wildman–Crippen MR) is 85.7 cm³/mol. The molecule has 4 atom stereocenters. The van der Waals surface area contributed by atoms with Crippen molar-refractivity contribution in [3.63, 3.8) is 0 Å². The topological polar surface area (TPSA) is 20.3 Å². The van der Waals surface area contributed by atoms with Crippen LogP contribution in [0.2, 0.25) is 0 Å². The molecule has 2 aliphatic carbocycles. The van der Waals surface area contributed by atoms with Gasteiger partial charge in [0.1, 0.15) is 0 Å². The lowest BCUT2D eigenvalue weighted by molar-refractivity contribution is -0.117. The largest absolute Gasteiger partial charge is 0.315 e. The van der Waals surface area contributed by atoms with E-state index in [9.17, 15) is 4.79 Å². The van der Waals surface area contributed by atoms with Crippen molar-refractivity contribution in [3.8, 4) is 0 Å². The summed E-state index contributed by atoms with van der Waals surface area (Å²) >= 11 is 6.70. The van der Waals surface area contributed by atoms with Crippen molar-refractivity contribution in [1.29, 1.82) is 0 Å². The Morgan fingerprint density at radius 3 is 2.90 bits per heavy atom.